The fraction of sp³-hybridized carbons (Fsp3) is 0.889. The van der Waals surface area contributed by atoms with E-state index in [9.17, 15) is 9.59 Å². The first-order valence-corrected chi connectivity index (χ1v) is 8.64. The van der Waals surface area contributed by atoms with Crippen LogP contribution in [0.25, 0.3) is 0 Å². The van der Waals surface area contributed by atoms with Crippen LogP contribution in [0.4, 0.5) is 0 Å². The zero-order valence-corrected chi connectivity index (χ0v) is 15.2. The number of esters is 2. The summed E-state index contributed by atoms with van der Waals surface area (Å²) >= 11 is 0. The Morgan fingerprint density at radius 3 is 1.73 bits per heavy atom. The first kappa shape index (κ1) is 20.9. The largest absolute Gasteiger partial charge is 0.465 e. The van der Waals surface area contributed by atoms with E-state index in [2.05, 4.69) is 13.8 Å². The summed E-state index contributed by atoms with van der Waals surface area (Å²) in [4.78, 5) is 25.0. The Kier molecular flexibility index (Phi) is 10.1. The lowest BCUT2D eigenvalue weighted by Gasteiger charge is -2.30. The Morgan fingerprint density at radius 1 is 0.864 bits per heavy atom. The van der Waals surface area contributed by atoms with Crippen LogP contribution in [0.5, 0.6) is 0 Å². The predicted molar refractivity (Wildman–Crippen MR) is 88.5 cm³/mol. The number of ether oxygens (including phenoxy) is 2. The molecule has 0 saturated heterocycles. The topological polar surface area (TPSA) is 52.6 Å². The van der Waals surface area contributed by atoms with E-state index in [0.29, 0.717) is 18.8 Å². The molecule has 0 bridgehead atoms. The summed E-state index contributed by atoms with van der Waals surface area (Å²) in [5.41, 5.74) is -1.14. The van der Waals surface area contributed by atoms with E-state index in [1.54, 1.807) is 13.8 Å². The zero-order valence-electron chi connectivity index (χ0n) is 15.2. The molecule has 0 spiro atoms. The van der Waals surface area contributed by atoms with Gasteiger partial charge in [-0.2, -0.15) is 0 Å². The van der Waals surface area contributed by atoms with E-state index in [4.69, 9.17) is 9.47 Å². The van der Waals surface area contributed by atoms with Crippen molar-refractivity contribution in [2.24, 2.45) is 17.3 Å². The van der Waals surface area contributed by atoms with Crippen LogP contribution >= 0.6 is 0 Å². The molecule has 0 aromatic heterocycles. The van der Waals surface area contributed by atoms with Crippen LogP contribution in [-0.2, 0) is 19.1 Å². The van der Waals surface area contributed by atoms with Crippen molar-refractivity contribution in [3.05, 3.63) is 0 Å². The minimum atomic E-state index is -1.14. The summed E-state index contributed by atoms with van der Waals surface area (Å²) in [6, 6.07) is 0. The summed E-state index contributed by atoms with van der Waals surface area (Å²) in [6.07, 6.45) is 3.93. The van der Waals surface area contributed by atoms with Gasteiger partial charge in [-0.25, -0.2) is 0 Å². The molecule has 0 radical (unpaired) electrons. The van der Waals surface area contributed by atoms with Gasteiger partial charge in [-0.05, 0) is 38.5 Å². The quantitative estimate of drug-likeness (QED) is 0.323. The minimum absolute atomic E-state index is 0.221. The van der Waals surface area contributed by atoms with Crippen LogP contribution in [0.3, 0.4) is 0 Å². The third-order valence-corrected chi connectivity index (χ3v) is 3.72. The lowest BCUT2D eigenvalue weighted by molar-refractivity contribution is -0.174. The Bertz CT molecular complexity index is 316. The molecule has 0 unspecified atom stereocenters. The van der Waals surface area contributed by atoms with Crippen LogP contribution in [0.2, 0.25) is 0 Å². The number of carbonyl (C=O) groups excluding carboxylic acids is 2. The second kappa shape index (κ2) is 10.6. The Balaban J connectivity index is 5.17. The van der Waals surface area contributed by atoms with Crippen molar-refractivity contribution >= 4 is 11.9 Å². The molecule has 0 rings (SSSR count). The molecule has 0 atom stereocenters. The number of hydrogen-bond donors (Lipinski definition) is 0. The average molecular weight is 314 g/mol. The number of rotatable bonds is 11. The molecule has 130 valence electrons. The molecule has 0 N–H and O–H groups in total. The highest BCUT2D eigenvalue weighted by Crippen LogP contribution is 2.36. The number of unbranched alkanes of at least 4 members (excludes halogenated alkanes) is 1. The molecule has 0 aromatic carbocycles. The number of hydrogen-bond acceptors (Lipinski definition) is 4. The van der Waals surface area contributed by atoms with Crippen molar-refractivity contribution in [1.29, 1.82) is 0 Å². The molecular formula is C18H34O4. The lowest BCUT2D eigenvalue weighted by Crippen LogP contribution is -2.43. The minimum Gasteiger partial charge on any atom is -0.465 e. The van der Waals surface area contributed by atoms with Gasteiger partial charge in [0.2, 0.25) is 0 Å². The van der Waals surface area contributed by atoms with Crippen LogP contribution in [-0.4, -0.2) is 25.2 Å². The molecule has 0 aromatic rings. The van der Waals surface area contributed by atoms with E-state index < -0.39 is 17.4 Å². The summed E-state index contributed by atoms with van der Waals surface area (Å²) in [7, 11) is 0. The second-order valence-corrected chi connectivity index (χ2v) is 6.76. The Labute approximate surface area is 135 Å². The Hall–Kier alpha value is -1.06. The fourth-order valence-corrected chi connectivity index (χ4v) is 2.77. The highest BCUT2D eigenvalue weighted by atomic mass is 16.6. The number of carbonyl (C=O) groups is 2. The van der Waals surface area contributed by atoms with Crippen molar-refractivity contribution < 1.29 is 19.1 Å². The van der Waals surface area contributed by atoms with Crippen molar-refractivity contribution in [1.82, 2.24) is 0 Å². The Morgan fingerprint density at radius 2 is 1.36 bits per heavy atom. The van der Waals surface area contributed by atoms with Gasteiger partial charge in [0, 0.05) is 0 Å². The maximum Gasteiger partial charge on any atom is 0.323 e. The van der Waals surface area contributed by atoms with Crippen LogP contribution in [0.15, 0.2) is 0 Å². The van der Waals surface area contributed by atoms with Gasteiger partial charge in [0.05, 0.1) is 13.2 Å². The van der Waals surface area contributed by atoms with E-state index in [0.717, 1.165) is 19.3 Å². The molecule has 0 amide bonds. The fourth-order valence-electron chi connectivity index (χ4n) is 2.77. The zero-order chi connectivity index (χ0) is 17.2. The summed E-state index contributed by atoms with van der Waals surface area (Å²) < 4.78 is 10.4. The monoisotopic (exact) mass is 314 g/mol. The van der Waals surface area contributed by atoms with Gasteiger partial charge < -0.3 is 9.47 Å². The van der Waals surface area contributed by atoms with E-state index in [1.807, 2.05) is 13.8 Å². The third-order valence-electron chi connectivity index (χ3n) is 3.72. The van der Waals surface area contributed by atoms with Gasteiger partial charge in [-0.1, -0.05) is 47.0 Å². The molecule has 0 aliphatic carbocycles. The van der Waals surface area contributed by atoms with E-state index in [1.165, 1.54) is 0 Å². The normalized spacial score (nSPS) is 11.8. The SMILES string of the molecule is CCOC(=O)C(CCCCC(C)C)(CC(C)C)C(=O)OCC. The smallest absolute Gasteiger partial charge is 0.323 e. The highest BCUT2D eigenvalue weighted by Gasteiger charge is 2.48. The average Bonchev–Trinajstić information content (AvgIpc) is 2.41. The summed E-state index contributed by atoms with van der Waals surface area (Å²) in [5, 5.41) is 0. The first-order valence-electron chi connectivity index (χ1n) is 8.64. The maximum absolute atomic E-state index is 12.5. The third kappa shape index (κ3) is 6.80. The van der Waals surface area contributed by atoms with E-state index >= 15 is 0 Å². The van der Waals surface area contributed by atoms with Gasteiger partial charge in [-0.15, -0.1) is 0 Å². The van der Waals surface area contributed by atoms with Crippen molar-refractivity contribution in [2.75, 3.05) is 13.2 Å². The van der Waals surface area contributed by atoms with E-state index in [-0.39, 0.29) is 19.1 Å². The molecule has 0 aliphatic rings. The molecule has 4 nitrogen and oxygen atoms in total. The van der Waals surface area contributed by atoms with Crippen LogP contribution in [0, 0.1) is 17.3 Å². The molecular weight excluding hydrogens is 280 g/mol. The van der Waals surface area contributed by atoms with Gasteiger partial charge >= 0.3 is 11.9 Å². The lowest BCUT2D eigenvalue weighted by atomic mass is 9.75. The second-order valence-electron chi connectivity index (χ2n) is 6.76. The van der Waals surface area contributed by atoms with Crippen LogP contribution in [0.1, 0.15) is 73.6 Å². The van der Waals surface area contributed by atoms with Gasteiger partial charge in [-0.3, -0.25) is 9.59 Å². The molecule has 0 fully saturated rings. The van der Waals surface area contributed by atoms with Crippen LogP contribution < -0.4 is 0 Å². The van der Waals surface area contributed by atoms with Crippen molar-refractivity contribution in [2.45, 2.75) is 73.6 Å². The molecule has 0 heterocycles. The van der Waals surface area contributed by atoms with Gasteiger partial charge in [0.15, 0.2) is 5.41 Å². The van der Waals surface area contributed by atoms with Gasteiger partial charge in [0.1, 0.15) is 0 Å². The standard InChI is InChI=1S/C18H34O4/c1-7-21-16(19)18(13-15(5)6,17(20)22-8-2)12-10-9-11-14(3)4/h14-15H,7-13H2,1-6H3. The highest BCUT2D eigenvalue weighted by molar-refractivity contribution is 6.00. The molecule has 0 aliphatic heterocycles. The predicted octanol–water partition coefficient (Wildman–Crippen LogP) is 4.36. The van der Waals surface area contributed by atoms with Crippen molar-refractivity contribution in [3.63, 3.8) is 0 Å². The van der Waals surface area contributed by atoms with Crippen molar-refractivity contribution in [3.8, 4) is 0 Å². The summed E-state index contributed by atoms with van der Waals surface area (Å²) in [5.74, 6) is 0.00184. The molecule has 4 heteroatoms. The van der Waals surface area contributed by atoms with Gasteiger partial charge in [0.25, 0.3) is 0 Å². The molecule has 0 saturated carbocycles. The summed E-state index contributed by atoms with van der Waals surface area (Å²) in [6.45, 7) is 12.5. The molecule has 22 heavy (non-hydrogen) atoms. The maximum atomic E-state index is 12.5. The first-order chi connectivity index (χ1) is 10.3.